The fourth-order valence-electron chi connectivity index (χ4n) is 4.68. The highest BCUT2D eigenvalue weighted by Gasteiger charge is 2.27. The molecule has 1 aliphatic carbocycles. The van der Waals surface area contributed by atoms with Gasteiger partial charge in [0.15, 0.2) is 0 Å². The predicted molar refractivity (Wildman–Crippen MR) is 106 cm³/mol. The Morgan fingerprint density at radius 2 is 1.93 bits per heavy atom. The molecule has 1 aromatic heterocycles. The fraction of sp³-hybridized carbons (Fsp3) is 0.478. The quantitative estimate of drug-likeness (QED) is 0.869. The highest BCUT2D eigenvalue weighted by atomic mass is 16.3. The minimum atomic E-state index is -0.262. The summed E-state index contributed by atoms with van der Waals surface area (Å²) in [6.07, 6.45) is 6.63. The van der Waals surface area contributed by atoms with Crippen molar-refractivity contribution >= 4 is 5.91 Å². The van der Waals surface area contributed by atoms with Crippen LogP contribution in [-0.2, 0) is 13.0 Å². The van der Waals surface area contributed by atoms with Crippen molar-refractivity contribution in [3.8, 4) is 0 Å². The third-order valence-electron chi connectivity index (χ3n) is 6.52. The molecule has 4 nitrogen and oxygen atoms in total. The average Bonchev–Trinajstić information content (AvgIpc) is 3.02. The van der Waals surface area contributed by atoms with Gasteiger partial charge in [0.2, 0.25) is 0 Å². The van der Waals surface area contributed by atoms with Gasteiger partial charge < -0.3 is 10.4 Å². The average molecular weight is 364 g/mol. The van der Waals surface area contributed by atoms with Crippen LogP contribution < -0.4 is 5.32 Å². The standard InChI is InChI=1S/C23H28N2O2/c1-13-14(2)21-12-25-23(27)20(21)10-17(13)8-16-9-19(15(3)24-11-16)18-6-4-5-7-22(18)26/h9-11,18,22,26H,4-8,12H2,1-3H3,(H,25,27)/t18-,22-/m0/s1. The fourth-order valence-corrected chi connectivity index (χ4v) is 4.68. The Labute approximate surface area is 161 Å². The lowest BCUT2D eigenvalue weighted by molar-refractivity contribution is 0.0965. The smallest absolute Gasteiger partial charge is 0.251 e. The molecule has 0 unspecified atom stereocenters. The zero-order valence-corrected chi connectivity index (χ0v) is 16.4. The van der Waals surface area contributed by atoms with Gasteiger partial charge in [0.1, 0.15) is 0 Å². The van der Waals surface area contributed by atoms with Gasteiger partial charge in [-0.15, -0.1) is 0 Å². The lowest BCUT2D eigenvalue weighted by Gasteiger charge is -2.29. The molecule has 2 aromatic rings. The number of aromatic nitrogens is 1. The monoisotopic (exact) mass is 364 g/mol. The molecule has 0 saturated heterocycles. The van der Waals surface area contributed by atoms with Gasteiger partial charge in [0.05, 0.1) is 6.10 Å². The molecule has 0 radical (unpaired) electrons. The van der Waals surface area contributed by atoms with Gasteiger partial charge in [0, 0.05) is 29.9 Å². The molecule has 4 rings (SSSR count). The number of carbonyl (C=O) groups is 1. The molecule has 1 saturated carbocycles. The van der Waals surface area contributed by atoms with Crippen molar-refractivity contribution in [2.75, 3.05) is 0 Å². The Morgan fingerprint density at radius 1 is 1.15 bits per heavy atom. The van der Waals surface area contributed by atoms with E-state index < -0.39 is 0 Å². The number of fused-ring (bicyclic) bond motifs is 1. The van der Waals surface area contributed by atoms with Crippen LogP contribution in [0.5, 0.6) is 0 Å². The number of aliphatic hydroxyl groups is 1. The zero-order chi connectivity index (χ0) is 19.1. The molecule has 0 spiro atoms. The summed E-state index contributed by atoms with van der Waals surface area (Å²) >= 11 is 0. The van der Waals surface area contributed by atoms with Crippen molar-refractivity contribution in [2.45, 2.75) is 71.4 Å². The van der Waals surface area contributed by atoms with Gasteiger partial charge in [-0.25, -0.2) is 0 Å². The summed E-state index contributed by atoms with van der Waals surface area (Å²) in [4.78, 5) is 16.8. The molecule has 2 N–H and O–H groups in total. The summed E-state index contributed by atoms with van der Waals surface area (Å²) in [5.41, 5.74) is 8.96. The van der Waals surface area contributed by atoms with E-state index in [1.54, 1.807) is 0 Å². The molecule has 4 heteroatoms. The number of carbonyl (C=O) groups excluding carboxylic acids is 1. The van der Waals surface area contributed by atoms with Crippen LogP contribution in [0.25, 0.3) is 0 Å². The van der Waals surface area contributed by atoms with Crippen molar-refractivity contribution in [1.29, 1.82) is 0 Å². The summed E-state index contributed by atoms with van der Waals surface area (Å²) in [5.74, 6) is 0.224. The second kappa shape index (κ2) is 7.08. The van der Waals surface area contributed by atoms with E-state index >= 15 is 0 Å². The summed E-state index contributed by atoms with van der Waals surface area (Å²) in [5, 5.41) is 13.4. The summed E-state index contributed by atoms with van der Waals surface area (Å²) in [7, 11) is 0. The van der Waals surface area contributed by atoms with Gasteiger partial charge >= 0.3 is 0 Å². The van der Waals surface area contributed by atoms with Gasteiger partial charge in [-0.2, -0.15) is 0 Å². The maximum Gasteiger partial charge on any atom is 0.251 e. The molecule has 2 heterocycles. The molecule has 1 amide bonds. The number of benzene rings is 1. The largest absolute Gasteiger partial charge is 0.392 e. The van der Waals surface area contributed by atoms with Crippen LogP contribution in [0.3, 0.4) is 0 Å². The second-order valence-corrected chi connectivity index (χ2v) is 8.15. The topological polar surface area (TPSA) is 62.2 Å². The molecule has 2 aliphatic rings. The van der Waals surface area contributed by atoms with E-state index in [1.807, 2.05) is 13.1 Å². The third kappa shape index (κ3) is 3.27. The molecule has 2 atom stereocenters. The van der Waals surface area contributed by atoms with Gasteiger partial charge in [-0.1, -0.05) is 18.9 Å². The maximum absolute atomic E-state index is 12.1. The van der Waals surface area contributed by atoms with Crippen LogP contribution in [0.4, 0.5) is 0 Å². The summed E-state index contributed by atoms with van der Waals surface area (Å²) in [6.45, 7) is 6.92. The third-order valence-corrected chi connectivity index (χ3v) is 6.52. The first kappa shape index (κ1) is 18.2. The Morgan fingerprint density at radius 3 is 2.70 bits per heavy atom. The first-order valence-corrected chi connectivity index (χ1v) is 9.99. The van der Waals surface area contributed by atoms with E-state index in [0.29, 0.717) is 6.54 Å². The Hall–Kier alpha value is -2.20. The van der Waals surface area contributed by atoms with Crippen LogP contribution in [0.2, 0.25) is 0 Å². The molecule has 0 bridgehead atoms. The Balaban J connectivity index is 1.68. The van der Waals surface area contributed by atoms with Crippen molar-refractivity contribution in [1.82, 2.24) is 10.3 Å². The van der Waals surface area contributed by atoms with Gasteiger partial charge in [-0.3, -0.25) is 9.78 Å². The highest BCUT2D eigenvalue weighted by molar-refractivity contribution is 5.99. The second-order valence-electron chi connectivity index (χ2n) is 8.15. The molecule has 142 valence electrons. The molecule has 1 fully saturated rings. The first-order chi connectivity index (χ1) is 13.0. The number of rotatable bonds is 3. The van der Waals surface area contributed by atoms with Crippen molar-refractivity contribution in [3.63, 3.8) is 0 Å². The van der Waals surface area contributed by atoms with Crippen LogP contribution in [0, 0.1) is 20.8 Å². The summed E-state index contributed by atoms with van der Waals surface area (Å²) < 4.78 is 0. The molecule has 1 aromatic carbocycles. The van der Waals surface area contributed by atoms with E-state index in [2.05, 4.69) is 36.3 Å². The molecular formula is C23H28N2O2. The predicted octanol–water partition coefficient (Wildman–Crippen LogP) is 3.86. The summed E-state index contributed by atoms with van der Waals surface area (Å²) in [6, 6.07) is 4.28. The van der Waals surface area contributed by atoms with E-state index in [4.69, 9.17) is 0 Å². The van der Waals surface area contributed by atoms with E-state index in [1.165, 1.54) is 28.7 Å². The normalized spacial score (nSPS) is 21.9. The van der Waals surface area contributed by atoms with Crippen molar-refractivity contribution in [2.24, 2.45) is 0 Å². The van der Waals surface area contributed by atoms with Crippen molar-refractivity contribution in [3.05, 3.63) is 63.0 Å². The van der Waals surface area contributed by atoms with Crippen LogP contribution >= 0.6 is 0 Å². The minimum Gasteiger partial charge on any atom is -0.392 e. The molecule has 27 heavy (non-hydrogen) atoms. The lowest BCUT2D eigenvalue weighted by Crippen LogP contribution is -2.23. The SMILES string of the molecule is Cc1ncc(Cc2cc3c(c(C)c2C)CNC3=O)cc1[C@@H]1CCCC[C@@H]1O. The van der Waals surface area contributed by atoms with Crippen molar-refractivity contribution < 1.29 is 9.90 Å². The van der Waals surface area contributed by atoms with E-state index in [9.17, 15) is 9.90 Å². The molecule has 1 aliphatic heterocycles. The number of hydrogen-bond acceptors (Lipinski definition) is 3. The van der Waals surface area contributed by atoms with E-state index in [0.717, 1.165) is 48.1 Å². The maximum atomic E-state index is 12.1. The lowest BCUT2D eigenvalue weighted by atomic mass is 9.80. The van der Waals surface area contributed by atoms with Crippen LogP contribution in [-0.4, -0.2) is 22.1 Å². The van der Waals surface area contributed by atoms with Crippen LogP contribution in [0.15, 0.2) is 18.3 Å². The zero-order valence-electron chi connectivity index (χ0n) is 16.4. The Kier molecular flexibility index (Phi) is 4.77. The Bertz CT molecular complexity index is 904. The first-order valence-electron chi connectivity index (χ1n) is 9.99. The van der Waals surface area contributed by atoms with E-state index in [-0.39, 0.29) is 17.9 Å². The number of aryl methyl sites for hydroxylation is 1. The van der Waals surface area contributed by atoms with Gasteiger partial charge in [-0.05, 0) is 79.5 Å². The minimum absolute atomic E-state index is 0.0300. The number of nitrogens with zero attached hydrogens (tertiary/aromatic N) is 1. The molecular weight excluding hydrogens is 336 g/mol. The number of amides is 1. The highest BCUT2D eigenvalue weighted by Crippen LogP contribution is 2.35. The van der Waals surface area contributed by atoms with Crippen LogP contribution in [0.1, 0.15) is 81.0 Å². The number of pyridine rings is 1. The van der Waals surface area contributed by atoms with Gasteiger partial charge in [0.25, 0.3) is 5.91 Å². The number of nitrogens with one attached hydrogen (secondary N) is 1. The number of aliphatic hydroxyl groups excluding tert-OH is 1. The number of hydrogen-bond donors (Lipinski definition) is 2.